The van der Waals surface area contributed by atoms with Crippen LogP contribution in [0.4, 0.5) is 5.82 Å². The number of nitrogen functional groups attached to an aromatic ring is 1. The molecule has 1 fully saturated rings. The first-order valence-corrected chi connectivity index (χ1v) is 8.80. The van der Waals surface area contributed by atoms with Crippen molar-refractivity contribution in [2.24, 2.45) is 5.92 Å². The number of anilines is 1. The fraction of sp³-hybridized carbons (Fsp3) is 0.421. The predicted molar refractivity (Wildman–Crippen MR) is 98.2 cm³/mol. The van der Waals surface area contributed by atoms with Crippen LogP contribution in [0.1, 0.15) is 24.5 Å². The van der Waals surface area contributed by atoms with Crippen molar-refractivity contribution < 1.29 is 0 Å². The first kappa shape index (κ1) is 16.0. The van der Waals surface area contributed by atoms with E-state index in [1.807, 2.05) is 10.6 Å². The third-order valence-electron chi connectivity index (χ3n) is 5.27. The highest BCUT2D eigenvalue weighted by molar-refractivity contribution is 5.61. The average molecular weight is 337 g/mol. The van der Waals surface area contributed by atoms with Gasteiger partial charge in [-0.25, -0.2) is 9.97 Å². The van der Waals surface area contributed by atoms with Gasteiger partial charge in [0.2, 0.25) is 0 Å². The molecule has 0 aliphatic carbocycles. The highest BCUT2D eigenvalue weighted by atomic mass is 16.1. The third-order valence-corrected chi connectivity index (χ3v) is 5.27. The van der Waals surface area contributed by atoms with Gasteiger partial charge >= 0.3 is 0 Å². The lowest BCUT2D eigenvalue weighted by molar-refractivity contribution is 0.122. The number of aromatic nitrogens is 3. The molecule has 6 nitrogen and oxygen atoms in total. The second kappa shape index (κ2) is 6.44. The molecular formula is C19H23N5O. The van der Waals surface area contributed by atoms with Crippen LogP contribution >= 0.6 is 0 Å². The van der Waals surface area contributed by atoms with E-state index in [4.69, 9.17) is 5.73 Å². The standard InChI is InChI=1S/C19H23N5O/c1-2-3-4-23-9-13-5-15(11-23)17-6-14(7-19(25)24(17)10-13)16-8-18(20)22-12-21-16/h2,6-8,12-13,15H,1,3-5,9-11H2,(H2,20,21,22)/t13-,15+/m0/s1. The molecular weight excluding hydrogens is 314 g/mol. The minimum Gasteiger partial charge on any atom is -0.384 e. The Balaban J connectivity index is 1.70. The molecule has 2 aromatic heterocycles. The molecule has 0 aromatic carbocycles. The zero-order chi connectivity index (χ0) is 17.4. The highest BCUT2D eigenvalue weighted by Crippen LogP contribution is 2.36. The van der Waals surface area contributed by atoms with Crippen molar-refractivity contribution in [1.29, 1.82) is 0 Å². The lowest BCUT2D eigenvalue weighted by atomic mass is 9.82. The summed E-state index contributed by atoms with van der Waals surface area (Å²) < 4.78 is 1.96. The number of fused-ring (bicyclic) bond motifs is 4. The molecule has 2 bridgehead atoms. The summed E-state index contributed by atoms with van der Waals surface area (Å²) in [5.41, 5.74) is 8.48. The quantitative estimate of drug-likeness (QED) is 0.862. The van der Waals surface area contributed by atoms with Crippen molar-refractivity contribution in [3.63, 3.8) is 0 Å². The Hall–Kier alpha value is -2.47. The van der Waals surface area contributed by atoms with Crippen LogP contribution in [0.3, 0.4) is 0 Å². The summed E-state index contributed by atoms with van der Waals surface area (Å²) in [6.45, 7) is 7.74. The Bertz CT molecular complexity index is 859. The molecule has 0 amide bonds. The van der Waals surface area contributed by atoms with E-state index >= 15 is 0 Å². The van der Waals surface area contributed by atoms with Gasteiger partial charge in [0, 0.05) is 55.5 Å². The number of piperidine rings is 1. The molecule has 2 atom stereocenters. The van der Waals surface area contributed by atoms with Gasteiger partial charge < -0.3 is 15.2 Å². The maximum absolute atomic E-state index is 12.7. The number of nitrogens with zero attached hydrogens (tertiary/aromatic N) is 4. The van der Waals surface area contributed by atoms with Crippen LogP contribution in [0.15, 0.2) is 42.0 Å². The molecule has 2 N–H and O–H groups in total. The molecule has 1 saturated heterocycles. The molecule has 25 heavy (non-hydrogen) atoms. The average Bonchev–Trinajstić information content (AvgIpc) is 2.60. The fourth-order valence-corrected chi connectivity index (χ4v) is 4.19. The zero-order valence-electron chi connectivity index (χ0n) is 14.3. The van der Waals surface area contributed by atoms with E-state index in [0.29, 0.717) is 23.3 Å². The van der Waals surface area contributed by atoms with E-state index in [1.54, 1.807) is 12.1 Å². The summed E-state index contributed by atoms with van der Waals surface area (Å²) in [5.74, 6) is 1.36. The second-order valence-corrected chi connectivity index (χ2v) is 7.08. The minimum absolute atomic E-state index is 0.0546. The first-order chi connectivity index (χ1) is 12.1. The van der Waals surface area contributed by atoms with E-state index in [9.17, 15) is 4.79 Å². The maximum Gasteiger partial charge on any atom is 0.251 e. The Morgan fingerprint density at radius 3 is 2.92 bits per heavy atom. The van der Waals surface area contributed by atoms with Gasteiger partial charge in [-0.1, -0.05) is 6.08 Å². The van der Waals surface area contributed by atoms with Crippen molar-refractivity contribution in [3.05, 3.63) is 53.2 Å². The van der Waals surface area contributed by atoms with Gasteiger partial charge in [0.05, 0.1) is 5.69 Å². The molecule has 0 spiro atoms. The Kier molecular flexibility index (Phi) is 4.13. The summed E-state index contributed by atoms with van der Waals surface area (Å²) in [7, 11) is 0. The van der Waals surface area contributed by atoms with Crippen LogP contribution in [0.2, 0.25) is 0 Å². The molecule has 2 aliphatic heterocycles. The highest BCUT2D eigenvalue weighted by Gasteiger charge is 2.34. The second-order valence-electron chi connectivity index (χ2n) is 7.08. The summed E-state index contributed by atoms with van der Waals surface area (Å²) in [6, 6.07) is 5.50. The van der Waals surface area contributed by atoms with Crippen LogP contribution in [-0.2, 0) is 6.54 Å². The number of pyridine rings is 1. The summed E-state index contributed by atoms with van der Waals surface area (Å²) in [6.07, 6.45) is 5.57. The number of likely N-dealkylation sites (tertiary alicyclic amines) is 1. The van der Waals surface area contributed by atoms with Crippen LogP contribution in [0.25, 0.3) is 11.3 Å². The van der Waals surface area contributed by atoms with E-state index < -0.39 is 0 Å². The summed E-state index contributed by atoms with van der Waals surface area (Å²) in [5, 5.41) is 0. The number of hydrogen-bond acceptors (Lipinski definition) is 5. The van der Waals surface area contributed by atoms with Crippen LogP contribution in [0, 0.1) is 5.92 Å². The molecule has 2 aliphatic rings. The topological polar surface area (TPSA) is 77.0 Å². The summed E-state index contributed by atoms with van der Waals surface area (Å²) in [4.78, 5) is 23.4. The molecule has 0 saturated carbocycles. The maximum atomic E-state index is 12.7. The van der Waals surface area contributed by atoms with Crippen molar-refractivity contribution in [3.8, 4) is 11.3 Å². The zero-order valence-corrected chi connectivity index (χ0v) is 14.3. The minimum atomic E-state index is 0.0546. The van der Waals surface area contributed by atoms with E-state index in [-0.39, 0.29) is 5.56 Å². The summed E-state index contributed by atoms with van der Waals surface area (Å²) >= 11 is 0. The van der Waals surface area contributed by atoms with Gasteiger partial charge in [-0.15, -0.1) is 6.58 Å². The smallest absolute Gasteiger partial charge is 0.251 e. The molecule has 4 rings (SSSR count). The molecule has 2 aromatic rings. The molecule has 6 heteroatoms. The van der Waals surface area contributed by atoms with Crippen LogP contribution in [-0.4, -0.2) is 39.1 Å². The Morgan fingerprint density at radius 1 is 1.24 bits per heavy atom. The van der Waals surface area contributed by atoms with Crippen molar-refractivity contribution in [2.75, 3.05) is 25.4 Å². The fourth-order valence-electron chi connectivity index (χ4n) is 4.19. The number of hydrogen-bond donors (Lipinski definition) is 1. The lowest BCUT2D eigenvalue weighted by Gasteiger charge is -2.43. The molecule has 0 radical (unpaired) electrons. The van der Waals surface area contributed by atoms with E-state index in [2.05, 4.69) is 27.5 Å². The largest absolute Gasteiger partial charge is 0.384 e. The van der Waals surface area contributed by atoms with Crippen molar-refractivity contribution in [2.45, 2.75) is 25.3 Å². The Labute approximate surface area is 147 Å². The van der Waals surface area contributed by atoms with E-state index in [0.717, 1.165) is 50.3 Å². The van der Waals surface area contributed by atoms with Gasteiger partial charge in [-0.05, 0) is 24.8 Å². The SMILES string of the molecule is C=CCCN1C[C@@H]2C[C@H](C1)c1cc(-c3cc(N)ncn3)cc(=O)n1C2. The lowest BCUT2D eigenvalue weighted by Crippen LogP contribution is -2.47. The normalized spacial score (nSPS) is 22.4. The molecule has 130 valence electrons. The molecule has 4 heterocycles. The molecule has 0 unspecified atom stereocenters. The number of rotatable bonds is 4. The first-order valence-electron chi connectivity index (χ1n) is 8.80. The Morgan fingerprint density at radius 2 is 2.12 bits per heavy atom. The van der Waals surface area contributed by atoms with Crippen LogP contribution < -0.4 is 11.3 Å². The van der Waals surface area contributed by atoms with Crippen molar-refractivity contribution in [1.82, 2.24) is 19.4 Å². The third kappa shape index (κ3) is 3.09. The van der Waals surface area contributed by atoms with Gasteiger partial charge in [-0.3, -0.25) is 4.79 Å². The number of nitrogens with two attached hydrogens (primary N) is 1. The van der Waals surface area contributed by atoms with Gasteiger partial charge in [0.15, 0.2) is 0 Å². The predicted octanol–water partition coefficient (Wildman–Crippen LogP) is 1.88. The van der Waals surface area contributed by atoms with Crippen LogP contribution in [0.5, 0.6) is 0 Å². The van der Waals surface area contributed by atoms with Crippen molar-refractivity contribution >= 4 is 5.82 Å². The van der Waals surface area contributed by atoms with Gasteiger partial charge in [-0.2, -0.15) is 0 Å². The monoisotopic (exact) mass is 337 g/mol. The van der Waals surface area contributed by atoms with Gasteiger partial charge in [0.25, 0.3) is 5.56 Å². The van der Waals surface area contributed by atoms with Gasteiger partial charge in [0.1, 0.15) is 12.1 Å². The van der Waals surface area contributed by atoms with E-state index in [1.165, 1.54) is 6.33 Å².